The molecule has 1 aliphatic rings. The van der Waals surface area contributed by atoms with Gasteiger partial charge in [0.1, 0.15) is 5.69 Å². The smallest absolute Gasteiger partial charge is 0.292 e. The Hall–Kier alpha value is -1.18. The number of methoxy groups -OCH3 is 1. The van der Waals surface area contributed by atoms with Crippen molar-refractivity contribution in [2.75, 3.05) is 38.3 Å². The van der Waals surface area contributed by atoms with E-state index in [0.717, 1.165) is 4.47 Å². The second-order valence-electron chi connectivity index (χ2n) is 4.28. The lowest BCUT2D eigenvalue weighted by atomic mass is 10.2. The molecular formula is C12H15BrN2O4. The maximum Gasteiger partial charge on any atom is 0.292 e. The van der Waals surface area contributed by atoms with Gasteiger partial charge < -0.3 is 14.4 Å². The minimum atomic E-state index is -0.359. The summed E-state index contributed by atoms with van der Waals surface area (Å²) in [6, 6.07) is 4.96. The predicted molar refractivity (Wildman–Crippen MR) is 74.6 cm³/mol. The molecule has 7 heteroatoms. The molecule has 6 nitrogen and oxygen atoms in total. The van der Waals surface area contributed by atoms with E-state index >= 15 is 0 Å². The zero-order valence-corrected chi connectivity index (χ0v) is 12.1. The molecule has 0 amide bonds. The highest BCUT2D eigenvalue weighted by Gasteiger charge is 2.26. The highest BCUT2D eigenvalue weighted by molar-refractivity contribution is 9.10. The molecule has 0 aromatic heterocycles. The number of nitrogens with zero attached hydrogens (tertiary/aromatic N) is 2. The molecule has 0 spiro atoms. The lowest BCUT2D eigenvalue weighted by Gasteiger charge is -2.33. The van der Waals surface area contributed by atoms with Gasteiger partial charge in [0.25, 0.3) is 5.69 Å². The fourth-order valence-corrected chi connectivity index (χ4v) is 2.48. The van der Waals surface area contributed by atoms with Crippen LogP contribution in [0.25, 0.3) is 0 Å². The van der Waals surface area contributed by atoms with Gasteiger partial charge in [0.05, 0.1) is 24.2 Å². The Labute approximate surface area is 119 Å². The molecular weight excluding hydrogens is 316 g/mol. The molecule has 0 unspecified atom stereocenters. The van der Waals surface area contributed by atoms with Gasteiger partial charge in [0.2, 0.25) is 0 Å². The van der Waals surface area contributed by atoms with Gasteiger partial charge in [-0.25, -0.2) is 0 Å². The topological polar surface area (TPSA) is 64.8 Å². The first-order valence-electron chi connectivity index (χ1n) is 5.91. The Morgan fingerprint density at radius 2 is 2.42 bits per heavy atom. The van der Waals surface area contributed by atoms with Crippen molar-refractivity contribution in [2.45, 2.75) is 6.10 Å². The molecule has 1 heterocycles. The summed E-state index contributed by atoms with van der Waals surface area (Å²) < 4.78 is 11.4. The summed E-state index contributed by atoms with van der Waals surface area (Å²) >= 11 is 3.35. The highest BCUT2D eigenvalue weighted by Crippen LogP contribution is 2.32. The minimum absolute atomic E-state index is 0.0580. The molecule has 1 aromatic carbocycles. The summed E-state index contributed by atoms with van der Waals surface area (Å²) in [5, 5.41) is 11.1. The van der Waals surface area contributed by atoms with Gasteiger partial charge >= 0.3 is 0 Å². The van der Waals surface area contributed by atoms with E-state index in [1.165, 1.54) is 6.07 Å². The van der Waals surface area contributed by atoms with Gasteiger partial charge in [-0.1, -0.05) is 15.9 Å². The van der Waals surface area contributed by atoms with Crippen molar-refractivity contribution in [3.63, 3.8) is 0 Å². The van der Waals surface area contributed by atoms with Gasteiger partial charge in [-0.15, -0.1) is 0 Å². The summed E-state index contributed by atoms with van der Waals surface area (Å²) in [7, 11) is 1.61. The molecule has 0 bridgehead atoms. The Kier molecular flexibility index (Phi) is 4.73. The molecule has 1 fully saturated rings. The van der Waals surface area contributed by atoms with Gasteiger partial charge in [0.15, 0.2) is 0 Å². The minimum Gasteiger partial charge on any atom is -0.382 e. The van der Waals surface area contributed by atoms with Crippen LogP contribution in [-0.2, 0) is 9.47 Å². The van der Waals surface area contributed by atoms with Gasteiger partial charge in [-0.3, -0.25) is 10.1 Å². The van der Waals surface area contributed by atoms with Crippen LogP contribution in [0.4, 0.5) is 11.4 Å². The van der Waals surface area contributed by atoms with Crippen LogP contribution < -0.4 is 4.90 Å². The maximum absolute atomic E-state index is 11.1. The van der Waals surface area contributed by atoms with Crippen LogP contribution in [-0.4, -0.2) is 44.4 Å². The molecule has 0 aliphatic carbocycles. The first kappa shape index (κ1) is 14.2. The molecule has 0 saturated carbocycles. The van der Waals surface area contributed by atoms with E-state index in [-0.39, 0.29) is 16.7 Å². The van der Waals surface area contributed by atoms with Crippen molar-refractivity contribution >= 4 is 27.3 Å². The van der Waals surface area contributed by atoms with E-state index in [2.05, 4.69) is 15.9 Å². The molecule has 0 radical (unpaired) electrons. The van der Waals surface area contributed by atoms with Crippen LogP contribution in [0, 0.1) is 10.1 Å². The van der Waals surface area contributed by atoms with E-state index in [1.807, 2.05) is 4.90 Å². The Bertz CT molecular complexity index is 467. The first-order chi connectivity index (χ1) is 9.11. The fourth-order valence-electron chi connectivity index (χ4n) is 2.13. The number of nitro groups is 1. The molecule has 1 saturated heterocycles. The number of halogens is 1. The van der Waals surface area contributed by atoms with Crippen molar-refractivity contribution in [2.24, 2.45) is 0 Å². The standard InChI is InChI=1S/C12H15BrN2O4/c1-18-8-10-7-14(4-5-19-10)12-6-9(13)2-3-11(12)15(16)17/h2-3,6,10H,4-5,7-8H2,1H3/t10-/m0/s1. The van der Waals surface area contributed by atoms with Crippen LogP contribution in [0.5, 0.6) is 0 Å². The number of hydrogen-bond donors (Lipinski definition) is 0. The van der Waals surface area contributed by atoms with Crippen molar-refractivity contribution in [1.29, 1.82) is 0 Å². The number of hydrogen-bond acceptors (Lipinski definition) is 5. The predicted octanol–water partition coefficient (Wildman–Crippen LogP) is 2.21. The van der Waals surface area contributed by atoms with Crippen LogP contribution >= 0.6 is 15.9 Å². The molecule has 1 aliphatic heterocycles. The highest BCUT2D eigenvalue weighted by atomic mass is 79.9. The van der Waals surface area contributed by atoms with Gasteiger partial charge in [-0.05, 0) is 12.1 Å². The molecule has 1 aromatic rings. The Morgan fingerprint density at radius 3 is 3.11 bits per heavy atom. The third kappa shape index (κ3) is 3.43. The van der Waals surface area contributed by atoms with Gasteiger partial charge in [0, 0.05) is 30.7 Å². The number of rotatable bonds is 4. The molecule has 19 heavy (non-hydrogen) atoms. The van der Waals surface area contributed by atoms with Crippen molar-refractivity contribution in [3.05, 3.63) is 32.8 Å². The second-order valence-corrected chi connectivity index (χ2v) is 5.20. The van der Waals surface area contributed by atoms with Crippen LogP contribution in [0.2, 0.25) is 0 Å². The third-order valence-corrected chi connectivity index (χ3v) is 3.46. The molecule has 2 rings (SSSR count). The average molecular weight is 331 g/mol. The summed E-state index contributed by atoms with van der Waals surface area (Å²) in [6.07, 6.45) is -0.0580. The number of anilines is 1. The van der Waals surface area contributed by atoms with Crippen LogP contribution in [0.15, 0.2) is 22.7 Å². The summed E-state index contributed by atoms with van der Waals surface area (Å²) in [4.78, 5) is 12.7. The number of ether oxygens (including phenoxy) is 2. The Morgan fingerprint density at radius 1 is 1.63 bits per heavy atom. The number of nitro benzene ring substituents is 1. The zero-order valence-electron chi connectivity index (χ0n) is 10.5. The quantitative estimate of drug-likeness (QED) is 0.625. The number of morpholine rings is 1. The molecule has 104 valence electrons. The van der Waals surface area contributed by atoms with Gasteiger partial charge in [-0.2, -0.15) is 0 Å². The molecule has 0 N–H and O–H groups in total. The van der Waals surface area contributed by atoms with Crippen LogP contribution in [0.3, 0.4) is 0 Å². The monoisotopic (exact) mass is 330 g/mol. The lowest BCUT2D eigenvalue weighted by molar-refractivity contribution is -0.384. The second kappa shape index (κ2) is 6.31. The summed E-state index contributed by atoms with van der Waals surface area (Å²) in [5.41, 5.74) is 0.727. The average Bonchev–Trinajstić information content (AvgIpc) is 2.39. The van der Waals surface area contributed by atoms with E-state index in [4.69, 9.17) is 9.47 Å². The Balaban J connectivity index is 2.24. The molecule has 1 atom stereocenters. The zero-order chi connectivity index (χ0) is 13.8. The van der Waals surface area contributed by atoms with Crippen molar-refractivity contribution in [1.82, 2.24) is 0 Å². The van der Waals surface area contributed by atoms with E-state index < -0.39 is 0 Å². The normalized spacial score (nSPS) is 19.5. The fraction of sp³-hybridized carbons (Fsp3) is 0.500. The van der Waals surface area contributed by atoms with Crippen LogP contribution in [0.1, 0.15) is 0 Å². The van der Waals surface area contributed by atoms with E-state index in [9.17, 15) is 10.1 Å². The van der Waals surface area contributed by atoms with Crippen molar-refractivity contribution < 1.29 is 14.4 Å². The largest absolute Gasteiger partial charge is 0.382 e. The summed E-state index contributed by atoms with van der Waals surface area (Å²) in [6.45, 7) is 2.25. The van der Waals surface area contributed by atoms with E-state index in [1.54, 1.807) is 19.2 Å². The van der Waals surface area contributed by atoms with Crippen molar-refractivity contribution in [3.8, 4) is 0 Å². The van der Waals surface area contributed by atoms with E-state index in [0.29, 0.717) is 32.0 Å². The maximum atomic E-state index is 11.1. The number of benzene rings is 1. The third-order valence-electron chi connectivity index (χ3n) is 2.97. The SMILES string of the molecule is COC[C@@H]1CN(c2cc(Br)ccc2[N+](=O)[O-])CCO1. The first-order valence-corrected chi connectivity index (χ1v) is 6.70. The lowest BCUT2D eigenvalue weighted by Crippen LogP contribution is -2.44. The summed E-state index contributed by atoms with van der Waals surface area (Å²) in [5.74, 6) is 0.